The summed E-state index contributed by atoms with van der Waals surface area (Å²) in [6.45, 7) is 2.35. The van der Waals surface area contributed by atoms with Gasteiger partial charge in [-0.15, -0.1) is 18.0 Å². The summed E-state index contributed by atoms with van der Waals surface area (Å²) in [4.78, 5) is 5.02. The van der Waals surface area contributed by atoms with Gasteiger partial charge < -0.3 is 0 Å². The Kier molecular flexibility index (Phi) is 8.93. The largest absolute Gasteiger partial charge is 0.281 e. The van der Waals surface area contributed by atoms with Crippen molar-refractivity contribution < 1.29 is 4.84 Å². The molecule has 0 atom stereocenters. The number of nitrogens with one attached hydrogen (secondary N) is 1. The summed E-state index contributed by atoms with van der Waals surface area (Å²) in [7, 11) is 1.64. The molecule has 0 aromatic heterocycles. The molecule has 1 rings (SSSR count). The number of benzene rings is 1. The van der Waals surface area contributed by atoms with E-state index in [2.05, 4.69) is 17.4 Å². The molecule has 1 aromatic rings. The van der Waals surface area contributed by atoms with Crippen LogP contribution >= 0.6 is 12.4 Å². The lowest BCUT2D eigenvalue weighted by molar-refractivity contribution is -0.0598. The van der Waals surface area contributed by atoms with Crippen molar-refractivity contribution in [1.29, 1.82) is 0 Å². The van der Waals surface area contributed by atoms with Crippen molar-refractivity contribution in [2.75, 3.05) is 13.7 Å². The molecular weight excluding hydrogens is 250 g/mol. The van der Waals surface area contributed by atoms with Gasteiger partial charge in [0.2, 0.25) is 0 Å². The molecule has 0 aliphatic rings. The zero-order chi connectivity index (χ0) is 12.5. The Labute approximate surface area is 114 Å². The highest BCUT2D eigenvalue weighted by Gasteiger charge is 1.87. The van der Waals surface area contributed by atoms with Crippen LogP contribution in [0.1, 0.15) is 12.5 Å². The predicted molar refractivity (Wildman–Crippen MR) is 75.4 cm³/mol. The van der Waals surface area contributed by atoms with E-state index < -0.39 is 0 Å². The summed E-state index contributed by atoms with van der Waals surface area (Å²) in [5.41, 5.74) is 4.45. The third-order valence-corrected chi connectivity index (χ3v) is 1.86. The van der Waals surface area contributed by atoms with Crippen molar-refractivity contribution in [3.8, 4) is 11.8 Å². The van der Waals surface area contributed by atoms with Gasteiger partial charge in [0, 0.05) is 12.6 Å². The molecule has 0 aliphatic heterocycles. The van der Waals surface area contributed by atoms with E-state index in [1.54, 1.807) is 7.05 Å². The first-order chi connectivity index (χ1) is 8.18. The Morgan fingerprint density at radius 2 is 2.11 bits per heavy atom. The highest BCUT2D eigenvalue weighted by molar-refractivity contribution is 5.85. The Balaban J connectivity index is 0.00000289. The monoisotopic (exact) mass is 267 g/mol. The molecule has 0 heterocycles. The van der Waals surface area contributed by atoms with Crippen LogP contribution in [0, 0.1) is 11.8 Å². The fourth-order valence-electron chi connectivity index (χ4n) is 1.05. The molecule has 0 saturated heterocycles. The molecule has 0 saturated carbocycles. The number of nitrogens with zero attached hydrogens (tertiary/aromatic N) is 1. The first-order valence-corrected chi connectivity index (χ1v) is 5.28. The molecule has 5 heteroatoms. The first kappa shape index (κ1) is 16.6. The Morgan fingerprint density at radius 3 is 2.72 bits per heavy atom. The van der Waals surface area contributed by atoms with Crippen molar-refractivity contribution in [2.45, 2.75) is 6.92 Å². The molecule has 1 aromatic carbocycles. The van der Waals surface area contributed by atoms with E-state index in [-0.39, 0.29) is 12.4 Å². The zero-order valence-electron chi connectivity index (χ0n) is 10.5. The maximum absolute atomic E-state index is 5.29. The number of hydrogen-bond donors (Lipinski definition) is 2. The lowest BCUT2D eigenvalue weighted by Gasteiger charge is -2.09. The van der Waals surface area contributed by atoms with Gasteiger partial charge in [0.1, 0.15) is 0 Å². The second-order valence-electron chi connectivity index (χ2n) is 3.52. The fraction of sp³-hybridized carbons (Fsp3) is 0.231. The van der Waals surface area contributed by atoms with Gasteiger partial charge in [-0.1, -0.05) is 30.0 Å². The van der Waals surface area contributed by atoms with E-state index in [1.165, 1.54) is 5.12 Å². The van der Waals surface area contributed by atoms with Crippen molar-refractivity contribution in [3.05, 3.63) is 47.5 Å². The average Bonchev–Trinajstić information content (AvgIpc) is 2.33. The molecule has 0 bridgehead atoms. The minimum absolute atomic E-state index is 0. The van der Waals surface area contributed by atoms with Gasteiger partial charge in [0.05, 0.1) is 6.61 Å². The minimum atomic E-state index is 0. The van der Waals surface area contributed by atoms with Gasteiger partial charge in [-0.05, 0) is 30.7 Å². The third kappa shape index (κ3) is 7.85. The Bertz CT molecular complexity index is 421. The summed E-state index contributed by atoms with van der Waals surface area (Å²) < 4.78 is 0. The van der Waals surface area contributed by atoms with Crippen molar-refractivity contribution in [2.24, 2.45) is 5.84 Å². The highest BCUT2D eigenvalue weighted by Crippen LogP contribution is 1.96. The van der Waals surface area contributed by atoms with Crippen LogP contribution < -0.4 is 11.4 Å². The van der Waals surface area contributed by atoms with Crippen molar-refractivity contribution >= 4 is 12.4 Å². The maximum Gasteiger partial charge on any atom is 0.0892 e. The summed E-state index contributed by atoms with van der Waals surface area (Å²) in [6, 6.07) is 9.85. The molecule has 0 spiro atoms. The second kappa shape index (κ2) is 9.66. The van der Waals surface area contributed by atoms with Crippen LogP contribution in [0.25, 0.3) is 0 Å². The normalized spacial score (nSPS) is 10.6. The van der Waals surface area contributed by atoms with Gasteiger partial charge in [-0.3, -0.25) is 10.7 Å². The quantitative estimate of drug-likeness (QED) is 0.377. The smallest absolute Gasteiger partial charge is 0.0892 e. The number of hydrogen-bond acceptors (Lipinski definition) is 4. The SMILES string of the molecule is C/C(C#Cc1ccccc1)=C\CONN(C)N.Cl. The lowest BCUT2D eigenvalue weighted by atomic mass is 10.2. The molecule has 0 aliphatic carbocycles. The number of hydrazine groups is 2. The Morgan fingerprint density at radius 1 is 1.44 bits per heavy atom. The van der Waals surface area contributed by atoms with Crippen LogP contribution in [0.3, 0.4) is 0 Å². The van der Waals surface area contributed by atoms with E-state index in [0.717, 1.165) is 11.1 Å². The van der Waals surface area contributed by atoms with Crippen LogP contribution in [-0.4, -0.2) is 18.8 Å². The van der Waals surface area contributed by atoms with E-state index in [0.29, 0.717) is 6.61 Å². The molecule has 0 unspecified atom stereocenters. The highest BCUT2D eigenvalue weighted by atomic mass is 35.5. The van der Waals surface area contributed by atoms with Gasteiger partial charge >= 0.3 is 0 Å². The van der Waals surface area contributed by atoms with Crippen LogP contribution in [0.2, 0.25) is 0 Å². The summed E-state index contributed by atoms with van der Waals surface area (Å²) >= 11 is 0. The molecule has 0 amide bonds. The molecule has 0 radical (unpaired) electrons. The van der Waals surface area contributed by atoms with Gasteiger partial charge in [-0.25, -0.2) is 0 Å². The van der Waals surface area contributed by atoms with Crippen LogP contribution in [0.15, 0.2) is 42.0 Å². The van der Waals surface area contributed by atoms with Gasteiger partial charge in [-0.2, -0.15) is 5.12 Å². The molecular formula is C13H18ClN3O. The van der Waals surface area contributed by atoms with Gasteiger partial charge in [0.15, 0.2) is 0 Å². The summed E-state index contributed by atoms with van der Waals surface area (Å²) in [5, 5.41) is 1.23. The lowest BCUT2D eigenvalue weighted by Crippen LogP contribution is -2.40. The van der Waals surface area contributed by atoms with Gasteiger partial charge in [0.25, 0.3) is 0 Å². The summed E-state index contributed by atoms with van der Waals surface area (Å²) in [6.07, 6.45) is 1.88. The van der Waals surface area contributed by atoms with E-state index in [4.69, 9.17) is 10.7 Å². The minimum Gasteiger partial charge on any atom is -0.281 e. The molecule has 18 heavy (non-hydrogen) atoms. The molecule has 3 N–H and O–H groups in total. The number of rotatable bonds is 4. The number of allylic oxidation sites excluding steroid dienone is 1. The maximum atomic E-state index is 5.29. The zero-order valence-corrected chi connectivity index (χ0v) is 11.3. The van der Waals surface area contributed by atoms with Crippen molar-refractivity contribution in [3.63, 3.8) is 0 Å². The molecule has 4 nitrogen and oxygen atoms in total. The van der Waals surface area contributed by atoms with E-state index in [9.17, 15) is 0 Å². The second-order valence-corrected chi connectivity index (χ2v) is 3.52. The first-order valence-electron chi connectivity index (χ1n) is 5.28. The fourth-order valence-corrected chi connectivity index (χ4v) is 1.05. The predicted octanol–water partition coefficient (Wildman–Crippen LogP) is 1.65. The van der Waals surface area contributed by atoms with Crippen molar-refractivity contribution in [1.82, 2.24) is 10.7 Å². The van der Waals surface area contributed by atoms with E-state index in [1.807, 2.05) is 43.3 Å². The topological polar surface area (TPSA) is 50.5 Å². The summed E-state index contributed by atoms with van der Waals surface area (Å²) in [5.74, 6) is 11.4. The van der Waals surface area contributed by atoms with Crippen LogP contribution in [0.5, 0.6) is 0 Å². The standard InChI is InChI=1S/C13H17N3O.ClH/c1-12(10-11-17-15-16(2)14)8-9-13-6-4-3-5-7-13;/h3-7,10,15H,11,14H2,1-2H3;1H/b12-10+;. The van der Waals surface area contributed by atoms with E-state index >= 15 is 0 Å². The van der Waals surface area contributed by atoms with Crippen LogP contribution in [-0.2, 0) is 4.84 Å². The molecule has 0 fully saturated rings. The number of nitrogens with two attached hydrogens (primary N) is 1. The average molecular weight is 268 g/mol. The Hall–Kier alpha value is -1.35. The third-order valence-electron chi connectivity index (χ3n) is 1.86. The van der Waals surface area contributed by atoms with Crippen LogP contribution in [0.4, 0.5) is 0 Å². The molecule has 98 valence electrons. The number of halogens is 1.